The first-order valence-corrected chi connectivity index (χ1v) is 19.3. The number of carbonyl (C=O) groups excluding carboxylic acids is 2. The molecule has 3 aromatic rings. The Balaban J connectivity index is 0.821. The lowest BCUT2D eigenvalue weighted by Crippen LogP contribution is -2.49. The fraction of sp³-hybridized carbons (Fsp3) is 0.583. The van der Waals surface area contributed by atoms with Gasteiger partial charge in [0, 0.05) is 82.4 Å². The molecule has 52 heavy (non-hydrogen) atoms. The maximum atomic E-state index is 15.0. The normalized spacial score (nSPS) is 21.4. The molecule has 0 bridgehead atoms. The van der Waals surface area contributed by atoms with Crippen molar-refractivity contribution in [3.63, 3.8) is 0 Å². The van der Waals surface area contributed by atoms with Gasteiger partial charge in [0.05, 0.1) is 29.8 Å². The first-order chi connectivity index (χ1) is 25.3. The standard InChI is InChI=1S/C36H46F2N8O5S/c37-27-18-25(19-30-33(27)36(49)42-31(41-30)22-52-26-5-15-50-16-6-26)51-21-23-3-7-44(8-4-23)9-10-45-11-13-46(14-12-45)34-28(38)17-24(20-39-34)40-29-1-2-32(47)43-35(29)48/h17-20,23,26,29,40H,1-16,21-22H2,(H,41,42,49)(H,43,47,48). The summed E-state index contributed by atoms with van der Waals surface area (Å²) in [5.74, 6) is 0.367. The lowest BCUT2D eigenvalue weighted by atomic mass is 9.98. The highest BCUT2D eigenvalue weighted by Crippen LogP contribution is 2.27. The van der Waals surface area contributed by atoms with E-state index in [1.165, 1.54) is 18.3 Å². The number of pyridine rings is 1. The number of H-pyrrole nitrogens is 1. The van der Waals surface area contributed by atoms with Gasteiger partial charge in [0.1, 0.15) is 28.8 Å². The van der Waals surface area contributed by atoms with Gasteiger partial charge in [-0.25, -0.2) is 18.7 Å². The zero-order valence-electron chi connectivity index (χ0n) is 29.2. The maximum Gasteiger partial charge on any atom is 0.261 e. The van der Waals surface area contributed by atoms with Crippen LogP contribution >= 0.6 is 11.8 Å². The SMILES string of the molecule is O=C1CCC(Nc2cnc(N3CCN(CCN4CCC(COc5cc(F)c6c(=O)[nH]c(CSC7CCOCC7)nc6c5)CC4)CC3)c(F)c2)C(=O)N1. The minimum absolute atomic E-state index is 0.0408. The van der Waals surface area contributed by atoms with Crippen LogP contribution in [0.2, 0.25) is 0 Å². The number of benzene rings is 1. The third-order valence-corrected chi connectivity index (χ3v) is 11.8. The molecule has 0 spiro atoms. The molecule has 13 nitrogen and oxygen atoms in total. The average Bonchev–Trinajstić information content (AvgIpc) is 3.14. The summed E-state index contributed by atoms with van der Waals surface area (Å²) in [7, 11) is 0. The Morgan fingerprint density at radius 2 is 1.67 bits per heavy atom. The predicted octanol–water partition coefficient (Wildman–Crippen LogP) is 3.14. The van der Waals surface area contributed by atoms with Crippen LogP contribution < -0.4 is 25.8 Å². The summed E-state index contributed by atoms with van der Waals surface area (Å²) in [5, 5.41) is 5.70. The number of halogens is 2. The molecule has 0 aliphatic carbocycles. The van der Waals surface area contributed by atoms with Crippen LogP contribution in [0.1, 0.15) is 44.3 Å². The molecule has 4 aliphatic rings. The molecular formula is C36H46F2N8O5S. The van der Waals surface area contributed by atoms with Gasteiger partial charge >= 0.3 is 0 Å². The number of thioether (sulfide) groups is 1. The highest BCUT2D eigenvalue weighted by atomic mass is 32.2. The second-order valence-corrected chi connectivity index (χ2v) is 15.3. The monoisotopic (exact) mass is 740 g/mol. The van der Waals surface area contributed by atoms with Crippen LogP contribution in [-0.4, -0.2) is 120 Å². The Bertz CT molecular complexity index is 1790. The Morgan fingerprint density at radius 1 is 0.923 bits per heavy atom. The molecule has 2 amide bonds. The fourth-order valence-corrected chi connectivity index (χ4v) is 8.33. The minimum atomic E-state index is -0.626. The summed E-state index contributed by atoms with van der Waals surface area (Å²) in [6, 6.07) is 3.72. The van der Waals surface area contributed by atoms with Crippen LogP contribution in [0.25, 0.3) is 10.9 Å². The van der Waals surface area contributed by atoms with Crippen molar-refractivity contribution >= 4 is 46.0 Å². The number of rotatable bonds is 12. The fourth-order valence-electron chi connectivity index (χ4n) is 7.27. The van der Waals surface area contributed by atoms with Crippen LogP contribution in [0.3, 0.4) is 0 Å². The number of piperidine rings is 2. The molecule has 1 unspecified atom stereocenters. The predicted molar refractivity (Wildman–Crippen MR) is 195 cm³/mol. The van der Waals surface area contributed by atoms with Crippen molar-refractivity contribution in [2.45, 2.75) is 55.6 Å². The Kier molecular flexibility index (Phi) is 11.8. The zero-order chi connectivity index (χ0) is 36.0. The number of anilines is 2. The van der Waals surface area contributed by atoms with E-state index in [0.717, 1.165) is 78.2 Å². The molecule has 6 heterocycles. The van der Waals surface area contributed by atoms with Gasteiger partial charge in [0.2, 0.25) is 11.8 Å². The number of hydrogen-bond donors (Lipinski definition) is 3. The number of amides is 2. The van der Waals surface area contributed by atoms with Gasteiger partial charge in [0.25, 0.3) is 5.56 Å². The molecule has 1 aromatic carbocycles. The third-order valence-electron chi connectivity index (χ3n) is 10.4. The van der Waals surface area contributed by atoms with Crippen molar-refractivity contribution in [2.75, 3.05) is 82.4 Å². The minimum Gasteiger partial charge on any atom is -0.493 e. The van der Waals surface area contributed by atoms with Crippen molar-refractivity contribution in [1.82, 2.24) is 30.1 Å². The highest BCUT2D eigenvalue weighted by Gasteiger charge is 2.28. The van der Waals surface area contributed by atoms with Crippen LogP contribution in [-0.2, 0) is 20.1 Å². The first kappa shape index (κ1) is 36.5. The number of carbonyl (C=O) groups is 2. The van der Waals surface area contributed by atoms with Gasteiger partial charge < -0.3 is 29.6 Å². The third kappa shape index (κ3) is 9.19. The Hall–Kier alpha value is -3.86. The van der Waals surface area contributed by atoms with E-state index in [9.17, 15) is 18.8 Å². The molecule has 4 saturated heterocycles. The molecule has 4 aliphatic heterocycles. The molecule has 4 fully saturated rings. The van der Waals surface area contributed by atoms with Gasteiger partial charge in [-0.2, -0.15) is 11.8 Å². The summed E-state index contributed by atoms with van der Waals surface area (Å²) >= 11 is 1.74. The van der Waals surface area contributed by atoms with Crippen molar-refractivity contribution in [3.05, 3.63) is 52.2 Å². The number of fused-ring (bicyclic) bond motifs is 1. The summed E-state index contributed by atoms with van der Waals surface area (Å²) in [5.41, 5.74) is 0.257. The van der Waals surface area contributed by atoms with E-state index >= 15 is 4.39 Å². The number of imide groups is 1. The average molecular weight is 741 g/mol. The van der Waals surface area contributed by atoms with Gasteiger partial charge in [-0.3, -0.25) is 24.6 Å². The number of hydrogen-bond acceptors (Lipinski definition) is 12. The van der Waals surface area contributed by atoms with Crippen LogP contribution in [0, 0.1) is 17.6 Å². The second kappa shape index (κ2) is 16.9. The van der Waals surface area contributed by atoms with Crippen LogP contribution in [0.5, 0.6) is 5.75 Å². The van der Waals surface area contributed by atoms with E-state index < -0.39 is 29.1 Å². The summed E-state index contributed by atoms with van der Waals surface area (Å²) in [4.78, 5) is 54.6. The van der Waals surface area contributed by atoms with E-state index in [0.29, 0.717) is 71.6 Å². The molecule has 2 aromatic heterocycles. The highest BCUT2D eigenvalue weighted by molar-refractivity contribution is 7.99. The van der Waals surface area contributed by atoms with Crippen molar-refractivity contribution < 1.29 is 27.8 Å². The Labute approximate surface area is 305 Å². The Morgan fingerprint density at radius 3 is 2.40 bits per heavy atom. The van der Waals surface area contributed by atoms with Crippen molar-refractivity contribution in [1.29, 1.82) is 0 Å². The van der Waals surface area contributed by atoms with Crippen molar-refractivity contribution in [3.8, 4) is 5.75 Å². The van der Waals surface area contributed by atoms with E-state index in [1.54, 1.807) is 17.8 Å². The zero-order valence-corrected chi connectivity index (χ0v) is 30.0. The second-order valence-electron chi connectivity index (χ2n) is 14.0. The number of aromatic nitrogens is 3. The van der Waals surface area contributed by atoms with Gasteiger partial charge in [-0.1, -0.05) is 0 Å². The number of nitrogens with one attached hydrogen (secondary N) is 3. The number of nitrogens with zero attached hydrogens (tertiary/aromatic N) is 5. The van der Waals surface area contributed by atoms with E-state index in [4.69, 9.17) is 9.47 Å². The summed E-state index contributed by atoms with van der Waals surface area (Å²) < 4.78 is 41.5. The van der Waals surface area contributed by atoms with Gasteiger partial charge in [-0.15, -0.1) is 0 Å². The summed E-state index contributed by atoms with van der Waals surface area (Å²) in [6.07, 6.45) is 6.05. The molecule has 280 valence electrons. The number of ether oxygens (including phenoxy) is 2. The topological polar surface area (TPSA) is 145 Å². The molecular weight excluding hydrogens is 695 g/mol. The smallest absolute Gasteiger partial charge is 0.261 e. The van der Waals surface area contributed by atoms with E-state index in [2.05, 4.69) is 35.4 Å². The molecule has 3 N–H and O–H groups in total. The lowest BCUT2D eigenvalue weighted by Gasteiger charge is -2.37. The summed E-state index contributed by atoms with van der Waals surface area (Å²) in [6.45, 7) is 8.72. The van der Waals surface area contributed by atoms with Crippen LogP contribution in [0.15, 0.2) is 29.2 Å². The lowest BCUT2D eigenvalue weighted by molar-refractivity contribution is -0.133. The molecule has 0 saturated carbocycles. The van der Waals surface area contributed by atoms with Crippen molar-refractivity contribution in [2.24, 2.45) is 5.92 Å². The first-order valence-electron chi connectivity index (χ1n) is 18.3. The van der Waals surface area contributed by atoms with E-state index in [-0.39, 0.29) is 17.7 Å². The number of likely N-dealkylation sites (tertiary alicyclic amines) is 1. The number of aromatic amines is 1. The van der Waals surface area contributed by atoms with Gasteiger partial charge in [-0.05, 0) is 51.1 Å². The van der Waals surface area contributed by atoms with Crippen LogP contribution in [0.4, 0.5) is 20.3 Å². The largest absolute Gasteiger partial charge is 0.493 e. The van der Waals surface area contributed by atoms with E-state index in [1.807, 2.05) is 4.90 Å². The van der Waals surface area contributed by atoms with Gasteiger partial charge in [0.15, 0.2) is 11.6 Å². The molecule has 1 atom stereocenters. The quantitative estimate of drug-likeness (QED) is 0.235. The number of piperazine rings is 1. The molecule has 7 rings (SSSR count). The molecule has 0 radical (unpaired) electrons. The molecule has 16 heteroatoms. The maximum absolute atomic E-state index is 15.0.